The van der Waals surface area contributed by atoms with Gasteiger partial charge in [0.2, 0.25) is 0 Å². The van der Waals surface area contributed by atoms with Crippen LogP contribution in [0.4, 0.5) is 0 Å². The van der Waals surface area contributed by atoms with Crippen LogP contribution in [-0.4, -0.2) is 6.61 Å². The molecule has 0 radical (unpaired) electrons. The average Bonchev–Trinajstić information content (AvgIpc) is 1.75. The zero-order valence-corrected chi connectivity index (χ0v) is 8.58. The largest absolute Gasteiger partial charge is 2.00 e. The van der Waals surface area contributed by atoms with E-state index in [0.717, 1.165) is 13.0 Å². The molecular weight excluding hydrogens is 272 g/mol. The summed E-state index contributed by atoms with van der Waals surface area (Å²) < 4.78 is 4.44. The van der Waals surface area contributed by atoms with Gasteiger partial charge in [-0.2, -0.15) is 6.92 Å². The molecule has 0 saturated heterocycles. The van der Waals surface area contributed by atoms with Crippen molar-refractivity contribution < 1.29 is 25.8 Å². The quantitative estimate of drug-likeness (QED) is 0.706. The van der Waals surface area contributed by atoms with Gasteiger partial charge in [-0.15, -0.1) is 0 Å². The van der Waals surface area contributed by atoms with Crippen LogP contribution in [0.15, 0.2) is 0 Å². The van der Waals surface area contributed by atoms with E-state index in [1.165, 1.54) is 0 Å². The third kappa shape index (κ3) is 30.2. The Morgan fingerprint density at radius 1 is 1.38 bits per heavy atom. The second kappa shape index (κ2) is 25.4. The maximum Gasteiger partial charge on any atom is 2.00 e. The summed E-state index contributed by atoms with van der Waals surface area (Å²) in [6.45, 7) is 7.82. The Kier molecular flexibility index (Phi) is 50.3. The first-order chi connectivity index (χ1) is 3.41. The molecule has 0 aliphatic rings. The standard InChI is InChI=1S/C4H9O.C2H5.W/c1-3-4-5-2;1-2;/h2-4H2,1H3;1H2,2H3;/q2*-1;+2. The molecule has 0 atom stereocenters. The Morgan fingerprint density at radius 3 is 1.75 bits per heavy atom. The molecule has 0 rings (SSSR count). The third-order valence-corrected chi connectivity index (χ3v) is 0.348. The van der Waals surface area contributed by atoms with Gasteiger partial charge in [-0.3, -0.25) is 0 Å². The molecule has 2 heteroatoms. The maximum absolute atomic E-state index is 4.44. The number of rotatable bonds is 2. The third-order valence-electron chi connectivity index (χ3n) is 0.348. The van der Waals surface area contributed by atoms with Crippen molar-refractivity contribution in [1.29, 1.82) is 0 Å². The molecule has 8 heavy (non-hydrogen) atoms. The van der Waals surface area contributed by atoms with E-state index >= 15 is 0 Å². The van der Waals surface area contributed by atoms with Gasteiger partial charge in [0.1, 0.15) is 0 Å². The zero-order chi connectivity index (χ0) is 6.12. The van der Waals surface area contributed by atoms with Crippen LogP contribution in [0.2, 0.25) is 0 Å². The van der Waals surface area contributed by atoms with Crippen molar-refractivity contribution in [2.24, 2.45) is 0 Å². The minimum atomic E-state index is 0. The van der Waals surface area contributed by atoms with Crippen molar-refractivity contribution in [2.75, 3.05) is 6.61 Å². The van der Waals surface area contributed by atoms with Crippen LogP contribution < -0.4 is 0 Å². The van der Waals surface area contributed by atoms with Crippen molar-refractivity contribution in [3.8, 4) is 0 Å². The summed E-state index contributed by atoms with van der Waals surface area (Å²) in [4.78, 5) is 0. The van der Waals surface area contributed by atoms with E-state index in [4.69, 9.17) is 0 Å². The minimum Gasteiger partial charge on any atom is -0.555 e. The fourth-order valence-corrected chi connectivity index (χ4v) is 0.144. The van der Waals surface area contributed by atoms with Gasteiger partial charge >= 0.3 is 21.1 Å². The molecule has 0 aliphatic heterocycles. The van der Waals surface area contributed by atoms with Crippen molar-refractivity contribution in [2.45, 2.75) is 20.3 Å². The van der Waals surface area contributed by atoms with Crippen molar-refractivity contribution in [3.05, 3.63) is 14.0 Å². The van der Waals surface area contributed by atoms with E-state index in [1.54, 1.807) is 6.92 Å². The number of ether oxygens (including phenoxy) is 1. The Labute approximate surface area is 67.1 Å². The molecule has 0 saturated carbocycles. The van der Waals surface area contributed by atoms with Crippen LogP contribution in [0, 0.1) is 14.0 Å². The predicted octanol–water partition coefficient (Wildman–Crippen LogP) is 2.04. The average molecular weight is 286 g/mol. The molecule has 0 aromatic carbocycles. The van der Waals surface area contributed by atoms with E-state index in [0.29, 0.717) is 0 Å². The van der Waals surface area contributed by atoms with Gasteiger partial charge < -0.3 is 11.7 Å². The molecule has 1 nitrogen and oxygen atoms in total. The maximum atomic E-state index is 4.44. The molecule has 0 spiro atoms. The van der Waals surface area contributed by atoms with Gasteiger partial charge in [0.25, 0.3) is 0 Å². The summed E-state index contributed by atoms with van der Waals surface area (Å²) in [5.41, 5.74) is 0. The van der Waals surface area contributed by atoms with Crippen molar-refractivity contribution in [3.63, 3.8) is 0 Å². The Morgan fingerprint density at radius 2 is 1.75 bits per heavy atom. The molecule has 0 aromatic rings. The molecule has 0 aliphatic carbocycles. The predicted molar refractivity (Wildman–Crippen MR) is 32.6 cm³/mol. The van der Waals surface area contributed by atoms with Crippen LogP contribution in [0.1, 0.15) is 20.3 Å². The fraction of sp³-hybridized carbons (Fsp3) is 0.667. The summed E-state index contributed by atoms with van der Waals surface area (Å²) in [6, 6.07) is 0. The van der Waals surface area contributed by atoms with Gasteiger partial charge in [0.15, 0.2) is 0 Å². The summed E-state index contributed by atoms with van der Waals surface area (Å²) in [7, 11) is 3.18. The summed E-state index contributed by atoms with van der Waals surface area (Å²) >= 11 is 0. The molecule has 0 bridgehead atoms. The molecule has 50 valence electrons. The van der Waals surface area contributed by atoms with Crippen molar-refractivity contribution >= 4 is 0 Å². The molecular formula is C6H14OW. The first-order valence-electron chi connectivity index (χ1n) is 2.49. The molecule has 0 heterocycles. The van der Waals surface area contributed by atoms with Gasteiger partial charge in [-0.05, 0) is 6.42 Å². The van der Waals surface area contributed by atoms with E-state index in [-0.39, 0.29) is 21.1 Å². The first kappa shape index (κ1) is 15.9. The molecule has 0 N–H and O–H groups in total. The van der Waals surface area contributed by atoms with Crippen molar-refractivity contribution in [1.82, 2.24) is 0 Å². The first-order valence-corrected chi connectivity index (χ1v) is 2.49. The van der Waals surface area contributed by atoms with Gasteiger partial charge in [0, 0.05) is 6.61 Å². The smallest absolute Gasteiger partial charge is 0.555 e. The van der Waals surface area contributed by atoms with Crippen LogP contribution in [-0.2, 0) is 25.8 Å². The van der Waals surface area contributed by atoms with E-state index in [2.05, 4.69) is 18.8 Å². The van der Waals surface area contributed by atoms with E-state index in [1.807, 2.05) is 6.92 Å². The van der Waals surface area contributed by atoms with Crippen LogP contribution in [0.25, 0.3) is 0 Å². The molecule has 0 fully saturated rings. The van der Waals surface area contributed by atoms with Gasteiger partial charge in [-0.25, -0.2) is 7.11 Å². The summed E-state index contributed by atoms with van der Waals surface area (Å²) in [6.07, 6.45) is 1.06. The van der Waals surface area contributed by atoms with Crippen LogP contribution >= 0.6 is 0 Å². The number of hydrogen-bond acceptors (Lipinski definition) is 1. The molecule has 0 amide bonds. The minimum absolute atomic E-state index is 0. The summed E-state index contributed by atoms with van der Waals surface area (Å²) in [5.74, 6) is 0. The zero-order valence-electron chi connectivity index (χ0n) is 5.64. The van der Waals surface area contributed by atoms with Crippen LogP contribution in [0.3, 0.4) is 0 Å². The number of hydrogen-bond donors (Lipinski definition) is 0. The Hall–Kier alpha value is 0.648. The molecule has 0 aromatic heterocycles. The molecule has 0 unspecified atom stereocenters. The Bertz CT molecular complexity index is 16.0. The van der Waals surface area contributed by atoms with Gasteiger partial charge in [0.05, 0.1) is 0 Å². The monoisotopic (exact) mass is 286 g/mol. The normalized spacial score (nSPS) is 6.00. The van der Waals surface area contributed by atoms with Gasteiger partial charge in [-0.1, -0.05) is 6.92 Å². The van der Waals surface area contributed by atoms with E-state index in [9.17, 15) is 0 Å². The SMILES string of the molecule is [CH2-]C.[CH2-]OCCC.[W+2]. The summed E-state index contributed by atoms with van der Waals surface area (Å²) in [5, 5.41) is 0. The van der Waals surface area contributed by atoms with Crippen LogP contribution in [0.5, 0.6) is 0 Å². The topological polar surface area (TPSA) is 9.23 Å². The van der Waals surface area contributed by atoms with E-state index < -0.39 is 0 Å². The second-order valence-electron chi connectivity index (χ2n) is 0.908. The second-order valence-corrected chi connectivity index (χ2v) is 0.908. The Balaban J connectivity index is -0.0000000750. The fourth-order valence-electron chi connectivity index (χ4n) is 0.144.